The summed E-state index contributed by atoms with van der Waals surface area (Å²) in [6.07, 6.45) is 2.75. The lowest BCUT2D eigenvalue weighted by Gasteiger charge is -2.16. The molecule has 0 radical (unpaired) electrons. The molecule has 3 rings (SSSR count). The molecule has 4 heteroatoms. The number of imide groups is 1. The van der Waals surface area contributed by atoms with Gasteiger partial charge in [-0.3, -0.25) is 14.5 Å². The maximum Gasteiger partial charge on any atom is 0.233 e. The maximum absolute atomic E-state index is 12.2. The van der Waals surface area contributed by atoms with Crippen LogP contribution in [-0.2, 0) is 22.7 Å². The molecular formula is C15H18N2O2. The van der Waals surface area contributed by atoms with Crippen molar-refractivity contribution in [2.75, 3.05) is 0 Å². The zero-order valence-electron chi connectivity index (χ0n) is 10.8. The van der Waals surface area contributed by atoms with Crippen LogP contribution >= 0.6 is 0 Å². The van der Waals surface area contributed by atoms with Crippen LogP contribution in [0.2, 0.25) is 0 Å². The van der Waals surface area contributed by atoms with Gasteiger partial charge in [0.25, 0.3) is 0 Å². The minimum atomic E-state index is -0.0455. The highest BCUT2D eigenvalue weighted by atomic mass is 16.2. The topological polar surface area (TPSA) is 63.4 Å². The van der Waals surface area contributed by atoms with Gasteiger partial charge < -0.3 is 5.73 Å². The minimum absolute atomic E-state index is 0.0235. The van der Waals surface area contributed by atoms with Crippen molar-refractivity contribution in [2.24, 2.45) is 17.6 Å². The number of nitrogens with two attached hydrogens (primary N) is 1. The summed E-state index contributed by atoms with van der Waals surface area (Å²) in [4.78, 5) is 25.9. The highest BCUT2D eigenvalue weighted by Crippen LogP contribution is 2.40. The lowest BCUT2D eigenvalue weighted by Crippen LogP contribution is -2.31. The molecule has 1 aliphatic carbocycles. The number of fused-ring (bicyclic) bond motifs is 1. The van der Waals surface area contributed by atoms with Gasteiger partial charge in [-0.1, -0.05) is 30.7 Å². The summed E-state index contributed by atoms with van der Waals surface area (Å²) in [5.41, 5.74) is 7.59. The average Bonchev–Trinajstić information content (AvgIpc) is 3.00. The van der Waals surface area contributed by atoms with E-state index in [0.29, 0.717) is 13.1 Å². The second-order valence-electron chi connectivity index (χ2n) is 5.43. The van der Waals surface area contributed by atoms with Gasteiger partial charge in [-0.25, -0.2) is 0 Å². The van der Waals surface area contributed by atoms with Crippen LogP contribution in [0.1, 0.15) is 30.4 Å². The van der Waals surface area contributed by atoms with E-state index >= 15 is 0 Å². The fourth-order valence-electron chi connectivity index (χ4n) is 3.18. The molecule has 0 aromatic heterocycles. The largest absolute Gasteiger partial charge is 0.326 e. The molecule has 4 nitrogen and oxygen atoms in total. The first kappa shape index (κ1) is 12.4. The third kappa shape index (κ3) is 2.06. The Morgan fingerprint density at radius 2 is 1.53 bits per heavy atom. The van der Waals surface area contributed by atoms with Crippen LogP contribution in [0.3, 0.4) is 0 Å². The van der Waals surface area contributed by atoms with Crippen molar-refractivity contribution >= 4 is 11.8 Å². The molecule has 0 bridgehead atoms. The SMILES string of the molecule is NCc1ccc(CN2C(=O)C3CCCC3C2=O)cc1. The summed E-state index contributed by atoms with van der Waals surface area (Å²) in [6.45, 7) is 0.904. The van der Waals surface area contributed by atoms with Gasteiger partial charge in [-0.05, 0) is 24.0 Å². The molecule has 2 amide bonds. The number of carbonyl (C=O) groups is 2. The Balaban J connectivity index is 1.76. The first-order valence-electron chi connectivity index (χ1n) is 6.84. The molecule has 0 spiro atoms. The highest BCUT2D eigenvalue weighted by molar-refractivity contribution is 6.05. The van der Waals surface area contributed by atoms with Crippen molar-refractivity contribution in [3.8, 4) is 0 Å². The van der Waals surface area contributed by atoms with Gasteiger partial charge in [0.15, 0.2) is 0 Å². The lowest BCUT2D eigenvalue weighted by atomic mass is 10.00. The molecule has 1 aliphatic heterocycles. The molecule has 1 aromatic carbocycles. The van der Waals surface area contributed by atoms with E-state index in [1.165, 1.54) is 4.90 Å². The van der Waals surface area contributed by atoms with Gasteiger partial charge >= 0.3 is 0 Å². The molecule has 1 aromatic rings. The van der Waals surface area contributed by atoms with Gasteiger partial charge in [0.2, 0.25) is 11.8 Å². The van der Waals surface area contributed by atoms with Crippen LogP contribution in [0.4, 0.5) is 0 Å². The van der Waals surface area contributed by atoms with Crippen molar-refractivity contribution < 1.29 is 9.59 Å². The van der Waals surface area contributed by atoms with Crippen molar-refractivity contribution in [3.63, 3.8) is 0 Å². The summed E-state index contributed by atoms with van der Waals surface area (Å²) in [5, 5.41) is 0. The number of hydrogen-bond acceptors (Lipinski definition) is 3. The van der Waals surface area contributed by atoms with E-state index in [0.717, 1.165) is 30.4 Å². The van der Waals surface area contributed by atoms with Crippen molar-refractivity contribution in [1.82, 2.24) is 4.90 Å². The van der Waals surface area contributed by atoms with Crippen LogP contribution in [0.15, 0.2) is 24.3 Å². The number of nitrogens with zero attached hydrogens (tertiary/aromatic N) is 1. The Morgan fingerprint density at radius 1 is 1.00 bits per heavy atom. The van der Waals surface area contributed by atoms with E-state index in [1.54, 1.807) is 0 Å². The van der Waals surface area contributed by atoms with Gasteiger partial charge in [-0.2, -0.15) is 0 Å². The summed E-state index contributed by atoms with van der Waals surface area (Å²) in [5.74, 6) is -0.0440. The summed E-state index contributed by atoms with van der Waals surface area (Å²) < 4.78 is 0. The highest BCUT2D eigenvalue weighted by Gasteiger charge is 2.49. The van der Waals surface area contributed by atoms with E-state index in [2.05, 4.69) is 0 Å². The molecule has 2 unspecified atom stereocenters. The lowest BCUT2D eigenvalue weighted by molar-refractivity contribution is -0.141. The molecular weight excluding hydrogens is 240 g/mol. The standard InChI is InChI=1S/C15H18N2O2/c16-8-10-4-6-11(7-5-10)9-17-14(18)12-2-1-3-13(12)15(17)19/h4-7,12-13H,1-3,8-9,16H2. The van der Waals surface area contributed by atoms with E-state index in [4.69, 9.17) is 5.73 Å². The molecule has 2 aliphatic rings. The summed E-state index contributed by atoms with van der Waals surface area (Å²) >= 11 is 0. The summed E-state index contributed by atoms with van der Waals surface area (Å²) in [6, 6.07) is 7.77. The Kier molecular flexibility index (Phi) is 3.11. The third-order valence-electron chi connectivity index (χ3n) is 4.28. The number of amides is 2. The van der Waals surface area contributed by atoms with Crippen molar-refractivity contribution in [2.45, 2.75) is 32.4 Å². The predicted octanol–water partition coefficient (Wildman–Crippen LogP) is 1.43. The number of benzene rings is 1. The normalized spacial score (nSPS) is 26.1. The third-order valence-corrected chi connectivity index (χ3v) is 4.28. The zero-order chi connectivity index (χ0) is 13.4. The van der Waals surface area contributed by atoms with Crippen LogP contribution in [0.5, 0.6) is 0 Å². The molecule has 2 fully saturated rings. The predicted molar refractivity (Wildman–Crippen MR) is 70.7 cm³/mol. The van der Waals surface area contributed by atoms with E-state index < -0.39 is 0 Å². The molecule has 19 heavy (non-hydrogen) atoms. The van der Waals surface area contributed by atoms with Crippen LogP contribution < -0.4 is 5.73 Å². The van der Waals surface area contributed by atoms with E-state index in [9.17, 15) is 9.59 Å². The zero-order valence-corrected chi connectivity index (χ0v) is 10.8. The fraction of sp³-hybridized carbons (Fsp3) is 0.467. The van der Waals surface area contributed by atoms with Gasteiger partial charge in [0.1, 0.15) is 0 Å². The first-order chi connectivity index (χ1) is 9.20. The molecule has 1 heterocycles. The number of likely N-dealkylation sites (tertiary alicyclic amines) is 1. The van der Waals surface area contributed by atoms with E-state index in [1.807, 2.05) is 24.3 Å². The second kappa shape index (κ2) is 4.78. The Hall–Kier alpha value is -1.68. The van der Waals surface area contributed by atoms with Crippen LogP contribution in [0.25, 0.3) is 0 Å². The Bertz CT molecular complexity index is 487. The summed E-state index contributed by atoms with van der Waals surface area (Å²) in [7, 11) is 0. The van der Waals surface area contributed by atoms with Gasteiger partial charge in [-0.15, -0.1) is 0 Å². The minimum Gasteiger partial charge on any atom is -0.326 e. The number of carbonyl (C=O) groups excluding carboxylic acids is 2. The fourth-order valence-corrected chi connectivity index (χ4v) is 3.18. The Labute approximate surface area is 112 Å². The van der Waals surface area contributed by atoms with Crippen LogP contribution in [-0.4, -0.2) is 16.7 Å². The molecule has 1 saturated carbocycles. The smallest absolute Gasteiger partial charge is 0.233 e. The number of rotatable bonds is 3. The van der Waals surface area contributed by atoms with Gasteiger partial charge in [0, 0.05) is 6.54 Å². The van der Waals surface area contributed by atoms with Crippen molar-refractivity contribution in [3.05, 3.63) is 35.4 Å². The second-order valence-corrected chi connectivity index (χ2v) is 5.43. The molecule has 1 saturated heterocycles. The van der Waals surface area contributed by atoms with Crippen LogP contribution in [0, 0.1) is 11.8 Å². The molecule has 100 valence electrons. The monoisotopic (exact) mass is 258 g/mol. The molecule has 2 N–H and O–H groups in total. The maximum atomic E-state index is 12.2. The van der Waals surface area contributed by atoms with E-state index in [-0.39, 0.29) is 23.7 Å². The Morgan fingerprint density at radius 3 is 2.05 bits per heavy atom. The average molecular weight is 258 g/mol. The number of hydrogen-bond donors (Lipinski definition) is 1. The van der Waals surface area contributed by atoms with Gasteiger partial charge in [0.05, 0.1) is 18.4 Å². The quantitative estimate of drug-likeness (QED) is 0.834. The molecule has 2 atom stereocenters. The first-order valence-corrected chi connectivity index (χ1v) is 6.84. The van der Waals surface area contributed by atoms with Crippen molar-refractivity contribution in [1.29, 1.82) is 0 Å².